The fourth-order valence-corrected chi connectivity index (χ4v) is 3.30. The molecule has 106 valence electrons. The largest absolute Gasteiger partial charge is 0.352 e. The lowest BCUT2D eigenvalue weighted by Crippen LogP contribution is -2.33. The van der Waals surface area contributed by atoms with Crippen LogP contribution in [0, 0.1) is 0 Å². The zero-order chi connectivity index (χ0) is 14.1. The van der Waals surface area contributed by atoms with Gasteiger partial charge in [-0.3, -0.25) is 9.38 Å². The van der Waals surface area contributed by atoms with Gasteiger partial charge in [-0.25, -0.2) is 9.97 Å². The zero-order valence-electron chi connectivity index (χ0n) is 11.3. The Hall–Kier alpha value is -2.22. The molecule has 0 N–H and O–H groups in total. The Morgan fingerprint density at radius 2 is 1.90 bits per heavy atom. The minimum Gasteiger partial charge on any atom is -0.352 e. The summed E-state index contributed by atoms with van der Waals surface area (Å²) in [6.07, 6.45) is 8.63. The molecule has 0 bridgehead atoms. The Balaban J connectivity index is 1.83. The molecular weight excluding hydrogens is 286 g/mol. The van der Waals surface area contributed by atoms with Gasteiger partial charge >= 0.3 is 0 Å². The SMILES string of the molecule is c1cnc(-c2nnc3c(N4CCSCC4)nccn23)cn1. The highest BCUT2D eigenvalue weighted by molar-refractivity contribution is 7.99. The van der Waals surface area contributed by atoms with Crippen LogP contribution in [-0.4, -0.2) is 54.1 Å². The van der Waals surface area contributed by atoms with Crippen LogP contribution in [0.3, 0.4) is 0 Å². The first-order valence-electron chi connectivity index (χ1n) is 6.72. The fraction of sp³-hybridized carbons (Fsp3) is 0.308. The summed E-state index contributed by atoms with van der Waals surface area (Å²) in [7, 11) is 0. The third kappa shape index (κ3) is 2.21. The van der Waals surface area contributed by atoms with Crippen LogP contribution in [0.1, 0.15) is 0 Å². The van der Waals surface area contributed by atoms with E-state index in [4.69, 9.17) is 0 Å². The highest BCUT2D eigenvalue weighted by atomic mass is 32.2. The summed E-state index contributed by atoms with van der Waals surface area (Å²) in [5.41, 5.74) is 1.47. The predicted molar refractivity (Wildman–Crippen MR) is 81.3 cm³/mol. The lowest BCUT2D eigenvalue weighted by Gasteiger charge is -2.27. The molecule has 0 radical (unpaired) electrons. The number of hydrogen-bond acceptors (Lipinski definition) is 7. The Morgan fingerprint density at radius 3 is 2.71 bits per heavy atom. The average Bonchev–Trinajstić information content (AvgIpc) is 3.00. The zero-order valence-corrected chi connectivity index (χ0v) is 12.1. The van der Waals surface area contributed by atoms with Crippen molar-refractivity contribution in [1.82, 2.24) is 29.5 Å². The molecule has 3 aromatic heterocycles. The summed E-state index contributed by atoms with van der Waals surface area (Å²) in [5.74, 6) is 3.82. The molecule has 4 heterocycles. The number of hydrogen-bond donors (Lipinski definition) is 0. The highest BCUT2D eigenvalue weighted by Crippen LogP contribution is 2.23. The van der Waals surface area contributed by atoms with Gasteiger partial charge in [0.2, 0.25) is 5.65 Å². The van der Waals surface area contributed by atoms with Crippen molar-refractivity contribution in [3.8, 4) is 11.5 Å². The van der Waals surface area contributed by atoms with Gasteiger partial charge in [0.05, 0.1) is 6.20 Å². The molecule has 0 unspecified atom stereocenters. The molecule has 7 nitrogen and oxygen atoms in total. The van der Waals surface area contributed by atoms with Crippen LogP contribution < -0.4 is 4.90 Å². The Bertz CT molecular complexity index is 752. The minimum absolute atomic E-state index is 0.688. The smallest absolute Gasteiger partial charge is 0.204 e. The second-order valence-corrected chi connectivity index (χ2v) is 5.88. The molecule has 3 aromatic rings. The second-order valence-electron chi connectivity index (χ2n) is 4.66. The number of fused-ring (bicyclic) bond motifs is 1. The molecule has 8 heteroatoms. The highest BCUT2D eigenvalue weighted by Gasteiger charge is 2.19. The fourth-order valence-electron chi connectivity index (χ4n) is 2.40. The summed E-state index contributed by atoms with van der Waals surface area (Å²) in [4.78, 5) is 15.1. The first-order chi connectivity index (χ1) is 10.4. The number of anilines is 1. The van der Waals surface area contributed by atoms with Crippen LogP contribution in [0.2, 0.25) is 0 Å². The van der Waals surface area contributed by atoms with E-state index in [-0.39, 0.29) is 0 Å². The molecule has 0 saturated carbocycles. The molecule has 0 aliphatic carbocycles. The average molecular weight is 299 g/mol. The van der Waals surface area contributed by atoms with E-state index in [2.05, 4.69) is 30.0 Å². The minimum atomic E-state index is 0.688. The number of aromatic nitrogens is 6. The first kappa shape index (κ1) is 12.5. The van der Waals surface area contributed by atoms with Crippen LogP contribution in [0.25, 0.3) is 17.2 Å². The van der Waals surface area contributed by atoms with Crippen molar-refractivity contribution in [2.75, 3.05) is 29.5 Å². The van der Waals surface area contributed by atoms with Crippen molar-refractivity contribution in [2.24, 2.45) is 0 Å². The molecule has 21 heavy (non-hydrogen) atoms. The normalized spacial score (nSPS) is 15.5. The van der Waals surface area contributed by atoms with E-state index < -0.39 is 0 Å². The molecule has 1 aliphatic heterocycles. The lowest BCUT2D eigenvalue weighted by atomic mass is 10.4. The van der Waals surface area contributed by atoms with Gasteiger partial charge in [-0.2, -0.15) is 11.8 Å². The number of nitrogens with zero attached hydrogens (tertiary/aromatic N) is 7. The van der Waals surface area contributed by atoms with Gasteiger partial charge < -0.3 is 4.90 Å². The first-order valence-corrected chi connectivity index (χ1v) is 7.88. The Morgan fingerprint density at radius 1 is 1.00 bits per heavy atom. The van der Waals surface area contributed by atoms with Crippen molar-refractivity contribution in [3.63, 3.8) is 0 Å². The van der Waals surface area contributed by atoms with Gasteiger partial charge in [-0.1, -0.05) is 0 Å². The van der Waals surface area contributed by atoms with E-state index >= 15 is 0 Å². The maximum Gasteiger partial charge on any atom is 0.204 e. The summed E-state index contributed by atoms with van der Waals surface area (Å²) >= 11 is 1.97. The topological polar surface area (TPSA) is 72.1 Å². The standard InChI is InChI=1S/C13H13N7S/c1-2-15-10(9-14-1)11-17-18-13-12(16-3-4-20(11)13)19-5-7-21-8-6-19/h1-4,9H,5-8H2. The van der Waals surface area contributed by atoms with Crippen LogP contribution in [0.5, 0.6) is 0 Å². The molecule has 0 spiro atoms. The van der Waals surface area contributed by atoms with E-state index in [1.807, 2.05) is 22.4 Å². The summed E-state index contributed by atoms with van der Waals surface area (Å²) < 4.78 is 1.92. The molecular formula is C13H13N7S. The van der Waals surface area contributed by atoms with Gasteiger partial charge in [-0.05, 0) is 0 Å². The number of rotatable bonds is 2. The maximum atomic E-state index is 4.49. The van der Waals surface area contributed by atoms with Crippen molar-refractivity contribution in [1.29, 1.82) is 0 Å². The molecule has 1 aliphatic rings. The third-order valence-electron chi connectivity index (χ3n) is 3.41. The van der Waals surface area contributed by atoms with Gasteiger partial charge in [0.1, 0.15) is 5.69 Å². The summed E-state index contributed by atoms with van der Waals surface area (Å²) in [6, 6.07) is 0. The summed E-state index contributed by atoms with van der Waals surface area (Å²) in [6.45, 7) is 1.98. The van der Waals surface area contributed by atoms with Gasteiger partial charge in [0.25, 0.3) is 0 Å². The van der Waals surface area contributed by atoms with Crippen molar-refractivity contribution in [3.05, 3.63) is 31.0 Å². The Kier molecular flexibility index (Phi) is 3.15. The molecule has 1 saturated heterocycles. The number of thioether (sulfide) groups is 1. The van der Waals surface area contributed by atoms with Crippen LogP contribution in [0.4, 0.5) is 5.82 Å². The van der Waals surface area contributed by atoms with Gasteiger partial charge in [0.15, 0.2) is 11.6 Å². The quantitative estimate of drug-likeness (QED) is 0.702. The van der Waals surface area contributed by atoms with Crippen molar-refractivity contribution < 1.29 is 0 Å². The molecule has 0 atom stereocenters. The second kappa shape index (κ2) is 5.28. The Labute approximate surface area is 125 Å². The van der Waals surface area contributed by atoms with Crippen molar-refractivity contribution in [2.45, 2.75) is 0 Å². The van der Waals surface area contributed by atoms with Gasteiger partial charge in [0, 0.05) is 49.4 Å². The van der Waals surface area contributed by atoms with Crippen LogP contribution >= 0.6 is 11.8 Å². The monoisotopic (exact) mass is 299 g/mol. The van der Waals surface area contributed by atoms with Crippen molar-refractivity contribution >= 4 is 23.2 Å². The third-order valence-corrected chi connectivity index (χ3v) is 4.35. The molecule has 0 aromatic carbocycles. The molecule has 1 fully saturated rings. The van der Waals surface area contributed by atoms with E-state index in [9.17, 15) is 0 Å². The summed E-state index contributed by atoms with van der Waals surface area (Å²) in [5, 5.41) is 8.56. The van der Waals surface area contributed by atoms with E-state index in [0.29, 0.717) is 11.5 Å². The van der Waals surface area contributed by atoms with Gasteiger partial charge in [-0.15, -0.1) is 10.2 Å². The lowest BCUT2D eigenvalue weighted by molar-refractivity contribution is 0.836. The predicted octanol–water partition coefficient (Wildman–Crippen LogP) is 1.13. The molecule has 0 amide bonds. The van der Waals surface area contributed by atoms with Crippen LogP contribution in [-0.2, 0) is 0 Å². The van der Waals surface area contributed by atoms with Crippen LogP contribution in [0.15, 0.2) is 31.0 Å². The molecule has 4 rings (SSSR count). The van der Waals surface area contributed by atoms with E-state index in [1.54, 1.807) is 24.8 Å². The maximum absolute atomic E-state index is 4.49. The van der Waals surface area contributed by atoms with E-state index in [1.165, 1.54) is 0 Å². The van der Waals surface area contributed by atoms with E-state index in [0.717, 1.165) is 36.1 Å².